The van der Waals surface area contributed by atoms with Crippen LogP contribution in [0.1, 0.15) is 23.6 Å². The van der Waals surface area contributed by atoms with Crippen molar-refractivity contribution in [1.82, 2.24) is 0 Å². The van der Waals surface area contributed by atoms with Crippen LogP contribution in [0, 0.1) is 0 Å². The van der Waals surface area contributed by atoms with Gasteiger partial charge in [-0.25, -0.2) is 4.79 Å². The molecule has 0 saturated carbocycles. The Hall–Kier alpha value is -2.95. The zero-order valence-electron chi connectivity index (χ0n) is 16.4. The molecule has 1 fully saturated rings. The largest absolute Gasteiger partial charge is 0.450 e. The standard InChI is InChI=1S/C25H24O4/c1-25(21-15-9-4-10-16-21)23(28-18-20-13-7-3-8-14-20)22(24(26)29-25)27-17-19-11-5-2-6-12-19/h2-16,22-23H,17-18H2,1H3/t22-,23-,25+/m1/s1. The maximum Gasteiger partial charge on any atom is 0.339 e. The van der Waals surface area contributed by atoms with Gasteiger partial charge in [0, 0.05) is 0 Å². The average molecular weight is 388 g/mol. The van der Waals surface area contributed by atoms with Crippen molar-refractivity contribution in [2.24, 2.45) is 0 Å². The lowest BCUT2D eigenvalue weighted by Crippen LogP contribution is -2.41. The van der Waals surface area contributed by atoms with Gasteiger partial charge in [0.2, 0.25) is 0 Å². The van der Waals surface area contributed by atoms with Gasteiger partial charge in [-0.2, -0.15) is 0 Å². The van der Waals surface area contributed by atoms with Crippen molar-refractivity contribution in [1.29, 1.82) is 0 Å². The lowest BCUT2D eigenvalue weighted by atomic mass is 9.89. The summed E-state index contributed by atoms with van der Waals surface area (Å²) >= 11 is 0. The fraction of sp³-hybridized carbons (Fsp3) is 0.240. The molecule has 0 unspecified atom stereocenters. The smallest absolute Gasteiger partial charge is 0.339 e. The fourth-order valence-electron chi connectivity index (χ4n) is 3.65. The maximum atomic E-state index is 12.8. The molecule has 3 aromatic rings. The van der Waals surface area contributed by atoms with E-state index in [2.05, 4.69) is 0 Å². The van der Waals surface area contributed by atoms with Crippen molar-refractivity contribution < 1.29 is 19.0 Å². The van der Waals surface area contributed by atoms with Crippen LogP contribution in [0.2, 0.25) is 0 Å². The predicted octanol–water partition coefficient (Wildman–Crippen LogP) is 4.63. The van der Waals surface area contributed by atoms with E-state index in [1.54, 1.807) is 0 Å². The first-order valence-electron chi connectivity index (χ1n) is 9.76. The highest BCUT2D eigenvalue weighted by Gasteiger charge is 2.55. The lowest BCUT2D eigenvalue weighted by molar-refractivity contribution is -0.155. The summed E-state index contributed by atoms with van der Waals surface area (Å²) in [5.74, 6) is -0.398. The van der Waals surface area contributed by atoms with Crippen molar-refractivity contribution in [3.63, 3.8) is 0 Å². The molecule has 1 aliphatic heterocycles. The van der Waals surface area contributed by atoms with Crippen molar-refractivity contribution in [2.45, 2.75) is 37.9 Å². The molecule has 4 nitrogen and oxygen atoms in total. The van der Waals surface area contributed by atoms with E-state index in [0.717, 1.165) is 16.7 Å². The third kappa shape index (κ3) is 4.24. The quantitative estimate of drug-likeness (QED) is 0.554. The summed E-state index contributed by atoms with van der Waals surface area (Å²) in [5.41, 5.74) is 1.99. The van der Waals surface area contributed by atoms with Gasteiger partial charge in [-0.05, 0) is 23.6 Å². The van der Waals surface area contributed by atoms with E-state index in [1.165, 1.54) is 0 Å². The molecule has 0 N–H and O–H groups in total. The molecular formula is C25H24O4. The first-order chi connectivity index (χ1) is 14.2. The molecule has 3 aromatic carbocycles. The summed E-state index contributed by atoms with van der Waals surface area (Å²) in [5, 5.41) is 0. The van der Waals surface area contributed by atoms with Gasteiger partial charge in [0.05, 0.1) is 13.2 Å². The van der Waals surface area contributed by atoms with E-state index in [-0.39, 0.29) is 0 Å². The molecule has 0 amide bonds. The topological polar surface area (TPSA) is 44.8 Å². The molecule has 4 rings (SSSR count). The molecule has 0 spiro atoms. The predicted molar refractivity (Wildman–Crippen MR) is 110 cm³/mol. The van der Waals surface area contributed by atoms with Crippen LogP contribution in [0.15, 0.2) is 91.0 Å². The van der Waals surface area contributed by atoms with Gasteiger partial charge in [-0.15, -0.1) is 0 Å². The molecular weight excluding hydrogens is 364 g/mol. The van der Waals surface area contributed by atoms with Crippen LogP contribution in [0.3, 0.4) is 0 Å². The van der Waals surface area contributed by atoms with Gasteiger partial charge < -0.3 is 14.2 Å². The van der Waals surface area contributed by atoms with Crippen LogP contribution >= 0.6 is 0 Å². The summed E-state index contributed by atoms with van der Waals surface area (Å²) in [4.78, 5) is 12.8. The van der Waals surface area contributed by atoms with Crippen LogP contribution in [0.5, 0.6) is 0 Å². The lowest BCUT2D eigenvalue weighted by Gasteiger charge is -2.31. The molecule has 1 aliphatic rings. The molecule has 0 aromatic heterocycles. The minimum absolute atomic E-state index is 0.316. The molecule has 0 aliphatic carbocycles. The van der Waals surface area contributed by atoms with Crippen molar-refractivity contribution in [2.75, 3.05) is 0 Å². The number of carbonyl (C=O) groups excluding carboxylic acids is 1. The maximum absolute atomic E-state index is 12.8. The Morgan fingerprint density at radius 1 is 0.759 bits per heavy atom. The second-order valence-corrected chi connectivity index (χ2v) is 7.33. The summed E-state index contributed by atoms with van der Waals surface area (Å²) in [6.07, 6.45) is -1.37. The first kappa shape index (κ1) is 19.4. The van der Waals surface area contributed by atoms with Crippen LogP contribution < -0.4 is 0 Å². The number of rotatable bonds is 7. The van der Waals surface area contributed by atoms with Gasteiger partial charge in [-0.3, -0.25) is 0 Å². The Morgan fingerprint density at radius 2 is 1.24 bits per heavy atom. The van der Waals surface area contributed by atoms with Crippen LogP contribution in [-0.4, -0.2) is 18.2 Å². The zero-order valence-corrected chi connectivity index (χ0v) is 16.4. The summed E-state index contributed by atoms with van der Waals surface area (Å²) < 4.78 is 18.1. The number of hydrogen-bond donors (Lipinski definition) is 0. The number of cyclic esters (lactones) is 1. The van der Waals surface area contributed by atoms with E-state index in [1.807, 2.05) is 97.9 Å². The van der Waals surface area contributed by atoms with Crippen LogP contribution in [0.4, 0.5) is 0 Å². The molecule has 29 heavy (non-hydrogen) atoms. The van der Waals surface area contributed by atoms with Gasteiger partial charge in [0.1, 0.15) is 6.10 Å². The second kappa shape index (κ2) is 8.60. The second-order valence-electron chi connectivity index (χ2n) is 7.33. The highest BCUT2D eigenvalue weighted by Crippen LogP contribution is 2.40. The van der Waals surface area contributed by atoms with Crippen LogP contribution in [0.25, 0.3) is 0 Å². The van der Waals surface area contributed by atoms with Gasteiger partial charge in [-0.1, -0.05) is 91.0 Å². The molecule has 148 valence electrons. The van der Waals surface area contributed by atoms with E-state index < -0.39 is 23.8 Å². The Balaban J connectivity index is 1.58. The molecule has 4 heteroatoms. The number of benzene rings is 3. The number of ether oxygens (including phenoxy) is 3. The number of carbonyl (C=O) groups is 1. The third-order valence-corrected chi connectivity index (χ3v) is 5.25. The zero-order chi connectivity index (χ0) is 20.1. The van der Waals surface area contributed by atoms with Gasteiger partial charge in [0.25, 0.3) is 0 Å². The van der Waals surface area contributed by atoms with E-state index in [0.29, 0.717) is 13.2 Å². The molecule has 0 bridgehead atoms. The highest BCUT2D eigenvalue weighted by atomic mass is 16.6. The SMILES string of the molecule is C[C@@]1(c2ccccc2)OC(=O)[C@H](OCc2ccccc2)[C@H]1OCc1ccccc1. The molecule has 1 saturated heterocycles. The highest BCUT2D eigenvalue weighted by molar-refractivity contribution is 5.79. The molecule has 0 radical (unpaired) electrons. The summed E-state index contributed by atoms with van der Waals surface area (Å²) in [7, 11) is 0. The first-order valence-corrected chi connectivity index (χ1v) is 9.76. The van der Waals surface area contributed by atoms with E-state index >= 15 is 0 Å². The van der Waals surface area contributed by atoms with Crippen molar-refractivity contribution in [3.8, 4) is 0 Å². The van der Waals surface area contributed by atoms with Crippen molar-refractivity contribution in [3.05, 3.63) is 108 Å². The molecule has 3 atom stereocenters. The Morgan fingerprint density at radius 3 is 1.79 bits per heavy atom. The van der Waals surface area contributed by atoms with Gasteiger partial charge in [0.15, 0.2) is 11.7 Å². The minimum Gasteiger partial charge on any atom is -0.450 e. The fourth-order valence-corrected chi connectivity index (χ4v) is 3.65. The molecule has 1 heterocycles. The summed E-state index contributed by atoms with van der Waals surface area (Å²) in [6, 6.07) is 29.4. The Labute approximate surface area is 171 Å². The monoisotopic (exact) mass is 388 g/mol. The summed E-state index contributed by atoms with van der Waals surface area (Å²) in [6.45, 7) is 2.58. The minimum atomic E-state index is -0.922. The van der Waals surface area contributed by atoms with Crippen LogP contribution in [-0.2, 0) is 37.8 Å². The Kier molecular flexibility index (Phi) is 5.74. The van der Waals surface area contributed by atoms with Crippen molar-refractivity contribution >= 4 is 5.97 Å². The number of esters is 1. The van der Waals surface area contributed by atoms with E-state index in [9.17, 15) is 4.79 Å². The average Bonchev–Trinajstić information content (AvgIpc) is 3.02. The van der Waals surface area contributed by atoms with Gasteiger partial charge >= 0.3 is 5.97 Å². The van der Waals surface area contributed by atoms with E-state index in [4.69, 9.17) is 14.2 Å². The third-order valence-electron chi connectivity index (χ3n) is 5.25. The Bertz CT molecular complexity index is 927. The number of hydrogen-bond acceptors (Lipinski definition) is 4. The normalized spacial score (nSPS) is 23.7.